The molecule has 164 valence electrons. The number of carboxylic acid groups (broad SMARTS) is 1. The Labute approximate surface area is 189 Å². The number of hydrogen-bond donors (Lipinski definition) is 2. The number of carboxylic acids is 1. The average molecular weight is 439 g/mol. The zero-order chi connectivity index (χ0) is 23.7. The van der Waals surface area contributed by atoms with Gasteiger partial charge in [-0.3, -0.25) is 9.36 Å². The number of fused-ring (bicyclic) bond motifs is 1. The lowest BCUT2D eigenvalue weighted by Crippen LogP contribution is -2.22. The molecular formula is C25H21N5O3. The van der Waals surface area contributed by atoms with Crippen molar-refractivity contribution in [2.45, 2.75) is 19.9 Å². The minimum atomic E-state index is -1.03. The molecule has 0 aliphatic rings. The van der Waals surface area contributed by atoms with Crippen LogP contribution in [0.5, 0.6) is 0 Å². The fourth-order valence-electron chi connectivity index (χ4n) is 3.84. The third-order valence-electron chi connectivity index (χ3n) is 5.49. The first-order chi connectivity index (χ1) is 15.8. The summed E-state index contributed by atoms with van der Waals surface area (Å²) in [6.07, 6.45) is 1.52. The fraction of sp³-hybridized carbons (Fsp3) is 0.160. The summed E-state index contributed by atoms with van der Waals surface area (Å²) in [5, 5.41) is 22.2. The first kappa shape index (κ1) is 21.7. The molecule has 2 N–H and O–H groups in total. The van der Waals surface area contributed by atoms with Gasteiger partial charge < -0.3 is 10.4 Å². The molecule has 4 aromatic rings. The molecule has 4 rings (SSSR count). The Morgan fingerprint density at radius 1 is 1.21 bits per heavy atom. The van der Waals surface area contributed by atoms with E-state index in [4.69, 9.17) is 10.2 Å². The number of benzene rings is 2. The van der Waals surface area contributed by atoms with Gasteiger partial charge in [0.2, 0.25) is 0 Å². The van der Waals surface area contributed by atoms with Crippen LogP contribution in [0.2, 0.25) is 0 Å². The Balaban J connectivity index is 1.88. The zero-order valence-corrected chi connectivity index (χ0v) is 18.3. The predicted molar refractivity (Wildman–Crippen MR) is 125 cm³/mol. The van der Waals surface area contributed by atoms with E-state index in [-0.39, 0.29) is 22.9 Å². The van der Waals surface area contributed by atoms with Crippen molar-refractivity contribution in [2.75, 3.05) is 5.32 Å². The van der Waals surface area contributed by atoms with Gasteiger partial charge >= 0.3 is 5.97 Å². The highest BCUT2D eigenvalue weighted by Gasteiger charge is 2.19. The van der Waals surface area contributed by atoms with Crippen LogP contribution < -0.4 is 10.9 Å². The number of nitrogens with zero attached hydrogens (tertiary/aromatic N) is 4. The topological polar surface area (TPSA) is 121 Å². The molecule has 2 aromatic carbocycles. The zero-order valence-electron chi connectivity index (χ0n) is 18.3. The van der Waals surface area contributed by atoms with Crippen molar-refractivity contribution >= 4 is 22.6 Å². The molecule has 0 aliphatic heterocycles. The van der Waals surface area contributed by atoms with E-state index in [1.165, 1.54) is 16.8 Å². The Morgan fingerprint density at radius 3 is 2.64 bits per heavy atom. The second-order valence-electron chi connectivity index (χ2n) is 7.81. The molecule has 2 heterocycles. The van der Waals surface area contributed by atoms with Gasteiger partial charge in [0.05, 0.1) is 22.5 Å². The Kier molecular flexibility index (Phi) is 5.63. The number of rotatable bonds is 5. The van der Waals surface area contributed by atoms with E-state index in [1.54, 1.807) is 43.4 Å². The summed E-state index contributed by atoms with van der Waals surface area (Å²) in [7, 11) is 1.65. The summed E-state index contributed by atoms with van der Waals surface area (Å²) in [4.78, 5) is 33.7. The minimum Gasteiger partial charge on any atom is -0.478 e. The van der Waals surface area contributed by atoms with Crippen LogP contribution in [-0.4, -0.2) is 25.6 Å². The quantitative estimate of drug-likeness (QED) is 0.481. The Hall–Kier alpha value is -4.51. The molecule has 0 amide bonds. The Morgan fingerprint density at radius 2 is 1.97 bits per heavy atom. The molecule has 0 aliphatic carbocycles. The van der Waals surface area contributed by atoms with Crippen LogP contribution in [-0.2, 0) is 7.05 Å². The first-order valence-corrected chi connectivity index (χ1v) is 10.3. The summed E-state index contributed by atoms with van der Waals surface area (Å²) < 4.78 is 1.46. The van der Waals surface area contributed by atoms with Crippen LogP contribution in [0.15, 0.2) is 59.5 Å². The van der Waals surface area contributed by atoms with E-state index in [2.05, 4.69) is 10.3 Å². The monoisotopic (exact) mass is 439 g/mol. The molecular weight excluding hydrogens is 418 g/mol. The van der Waals surface area contributed by atoms with E-state index < -0.39 is 5.97 Å². The summed E-state index contributed by atoms with van der Waals surface area (Å²) in [5.41, 5.74) is 3.50. The number of para-hydroxylation sites is 1. The van der Waals surface area contributed by atoms with Crippen molar-refractivity contribution in [1.82, 2.24) is 14.5 Å². The summed E-state index contributed by atoms with van der Waals surface area (Å²) in [5.74, 6) is -0.602. The summed E-state index contributed by atoms with van der Waals surface area (Å²) in [6, 6.07) is 15.3. The number of carbonyl (C=O) groups is 1. The number of pyridine rings is 1. The molecule has 8 heteroatoms. The van der Waals surface area contributed by atoms with Crippen molar-refractivity contribution < 1.29 is 9.90 Å². The van der Waals surface area contributed by atoms with E-state index in [0.29, 0.717) is 28.0 Å². The predicted octanol–water partition coefficient (Wildman–Crippen LogP) is 4.05. The van der Waals surface area contributed by atoms with Gasteiger partial charge in [-0.2, -0.15) is 5.26 Å². The van der Waals surface area contributed by atoms with Crippen LogP contribution in [0.1, 0.15) is 40.1 Å². The molecule has 0 bridgehead atoms. The number of anilines is 1. The molecule has 0 saturated carbocycles. The first-order valence-electron chi connectivity index (χ1n) is 10.3. The smallest absolute Gasteiger partial charge is 0.337 e. The van der Waals surface area contributed by atoms with Gasteiger partial charge in [-0.1, -0.05) is 18.2 Å². The molecule has 0 saturated heterocycles. The maximum Gasteiger partial charge on any atom is 0.337 e. The van der Waals surface area contributed by atoms with Crippen LogP contribution in [0.4, 0.5) is 5.69 Å². The maximum atomic E-state index is 13.2. The van der Waals surface area contributed by atoms with Gasteiger partial charge in [0, 0.05) is 30.1 Å². The standard InChI is InChI=1S/C25H21N5O3/c1-14-10-19(15(2)28-21-7-5-4-6-18(21)25(32)33)22-20(11-14)24(31)30(3)23(29-22)16-8-9-17(12-26)27-13-16/h4-11,13,15,28H,1-3H3,(H,32,33)/t15-/m1/s1. The van der Waals surface area contributed by atoms with Crippen molar-refractivity contribution in [1.29, 1.82) is 5.26 Å². The normalized spacial score (nSPS) is 11.7. The van der Waals surface area contributed by atoms with Crippen LogP contribution in [0.3, 0.4) is 0 Å². The summed E-state index contributed by atoms with van der Waals surface area (Å²) >= 11 is 0. The van der Waals surface area contributed by atoms with Gasteiger partial charge in [0.25, 0.3) is 5.56 Å². The van der Waals surface area contributed by atoms with Gasteiger partial charge in [0.15, 0.2) is 0 Å². The van der Waals surface area contributed by atoms with Crippen LogP contribution in [0.25, 0.3) is 22.3 Å². The maximum absolute atomic E-state index is 13.2. The number of hydrogen-bond acceptors (Lipinski definition) is 6. The molecule has 2 aromatic heterocycles. The minimum absolute atomic E-state index is 0.162. The highest BCUT2D eigenvalue weighted by atomic mass is 16.4. The van der Waals surface area contributed by atoms with E-state index in [9.17, 15) is 14.7 Å². The van der Waals surface area contributed by atoms with Gasteiger partial charge in [-0.15, -0.1) is 0 Å². The van der Waals surface area contributed by atoms with E-state index >= 15 is 0 Å². The number of aryl methyl sites for hydroxylation is 1. The average Bonchev–Trinajstić information content (AvgIpc) is 2.81. The second kappa shape index (κ2) is 8.55. The van der Waals surface area contributed by atoms with Crippen molar-refractivity contribution in [3.05, 3.63) is 87.5 Å². The number of aromatic carboxylic acids is 1. The van der Waals surface area contributed by atoms with Crippen LogP contribution in [0, 0.1) is 18.3 Å². The molecule has 33 heavy (non-hydrogen) atoms. The van der Waals surface area contributed by atoms with Crippen LogP contribution >= 0.6 is 0 Å². The summed E-state index contributed by atoms with van der Waals surface area (Å²) in [6.45, 7) is 3.80. The third kappa shape index (κ3) is 4.04. The highest BCUT2D eigenvalue weighted by molar-refractivity contribution is 5.94. The Bertz CT molecular complexity index is 1480. The number of nitrogens with one attached hydrogen (secondary N) is 1. The fourth-order valence-corrected chi connectivity index (χ4v) is 3.84. The van der Waals surface area contributed by atoms with Crippen molar-refractivity contribution in [3.63, 3.8) is 0 Å². The lowest BCUT2D eigenvalue weighted by Gasteiger charge is -2.20. The second-order valence-corrected chi connectivity index (χ2v) is 7.81. The molecule has 1 atom stereocenters. The molecule has 0 fully saturated rings. The lowest BCUT2D eigenvalue weighted by atomic mass is 10.00. The molecule has 0 spiro atoms. The van der Waals surface area contributed by atoms with E-state index in [0.717, 1.165) is 11.1 Å². The lowest BCUT2D eigenvalue weighted by molar-refractivity contribution is 0.0698. The van der Waals surface area contributed by atoms with Gasteiger partial charge in [-0.05, 0) is 49.7 Å². The largest absolute Gasteiger partial charge is 0.478 e. The molecule has 0 unspecified atom stereocenters. The van der Waals surface area contributed by atoms with E-state index in [1.807, 2.05) is 26.0 Å². The highest BCUT2D eigenvalue weighted by Crippen LogP contribution is 2.29. The molecule has 8 nitrogen and oxygen atoms in total. The van der Waals surface area contributed by atoms with Gasteiger partial charge in [0.1, 0.15) is 17.6 Å². The number of aromatic nitrogens is 3. The number of nitriles is 1. The van der Waals surface area contributed by atoms with Crippen molar-refractivity contribution in [3.8, 4) is 17.5 Å². The van der Waals surface area contributed by atoms with Gasteiger partial charge in [-0.25, -0.2) is 14.8 Å². The molecule has 0 radical (unpaired) electrons. The third-order valence-corrected chi connectivity index (χ3v) is 5.49. The van der Waals surface area contributed by atoms with Crippen molar-refractivity contribution in [2.24, 2.45) is 7.05 Å². The SMILES string of the molecule is Cc1cc([C@@H](C)Nc2ccccc2C(=O)O)c2nc(-c3ccc(C#N)nc3)n(C)c(=O)c2c1.